The van der Waals surface area contributed by atoms with E-state index in [2.05, 4.69) is 43.4 Å². The summed E-state index contributed by atoms with van der Waals surface area (Å²) in [5.41, 5.74) is 7.97. The Morgan fingerprint density at radius 3 is 2.42 bits per heavy atom. The summed E-state index contributed by atoms with van der Waals surface area (Å²) in [5.74, 6) is 0.656. The molecule has 0 aromatic heterocycles. The topological polar surface area (TPSA) is 55.1 Å². The van der Waals surface area contributed by atoms with Crippen LogP contribution in [0.15, 0.2) is 24.3 Å². The highest BCUT2D eigenvalue weighted by molar-refractivity contribution is 5.75. The van der Waals surface area contributed by atoms with Crippen molar-refractivity contribution in [3.63, 3.8) is 0 Å². The Morgan fingerprint density at radius 2 is 1.84 bits per heavy atom. The first-order valence-electron chi connectivity index (χ1n) is 7.20. The molecule has 1 aromatic carbocycles. The first-order chi connectivity index (χ1) is 9.15. The predicted octanol–water partition coefficient (Wildman–Crippen LogP) is 2.63. The van der Waals surface area contributed by atoms with E-state index in [1.165, 1.54) is 5.56 Å². The van der Waals surface area contributed by atoms with E-state index in [0.717, 1.165) is 24.8 Å². The van der Waals surface area contributed by atoms with Gasteiger partial charge in [0, 0.05) is 13.0 Å². The lowest BCUT2D eigenvalue weighted by Gasteiger charge is -2.10. The van der Waals surface area contributed by atoms with Gasteiger partial charge in [0.1, 0.15) is 0 Å². The fourth-order valence-electron chi connectivity index (χ4n) is 1.99. The summed E-state index contributed by atoms with van der Waals surface area (Å²) in [7, 11) is 0. The van der Waals surface area contributed by atoms with Crippen LogP contribution in [-0.2, 0) is 17.8 Å². The largest absolute Gasteiger partial charge is 0.352 e. The van der Waals surface area contributed by atoms with E-state index >= 15 is 0 Å². The molecular weight excluding hydrogens is 236 g/mol. The van der Waals surface area contributed by atoms with Gasteiger partial charge in [-0.2, -0.15) is 0 Å². The second-order valence-corrected chi connectivity index (χ2v) is 5.17. The van der Waals surface area contributed by atoms with E-state index in [1.54, 1.807) is 0 Å². The van der Waals surface area contributed by atoms with Crippen LogP contribution >= 0.6 is 0 Å². The normalized spacial score (nSPS) is 12.2. The lowest BCUT2D eigenvalue weighted by atomic mass is 10.0. The molecule has 106 valence electrons. The summed E-state index contributed by atoms with van der Waals surface area (Å²) in [6, 6.07) is 8.39. The molecule has 3 nitrogen and oxygen atoms in total. The predicted molar refractivity (Wildman–Crippen MR) is 79.7 cm³/mol. The molecule has 0 aliphatic carbocycles. The van der Waals surface area contributed by atoms with Crippen molar-refractivity contribution in [2.24, 2.45) is 11.7 Å². The summed E-state index contributed by atoms with van der Waals surface area (Å²) < 4.78 is 0. The SMILES string of the molecule is CCc1ccc(CNC(=O)CCC(C)CCN)cc1. The fraction of sp³-hybridized carbons (Fsp3) is 0.562. The van der Waals surface area contributed by atoms with Gasteiger partial charge >= 0.3 is 0 Å². The van der Waals surface area contributed by atoms with E-state index in [1.807, 2.05) is 0 Å². The highest BCUT2D eigenvalue weighted by Gasteiger charge is 2.06. The molecule has 0 radical (unpaired) electrons. The number of hydrogen-bond donors (Lipinski definition) is 2. The molecule has 0 spiro atoms. The first-order valence-corrected chi connectivity index (χ1v) is 7.20. The van der Waals surface area contributed by atoms with E-state index < -0.39 is 0 Å². The molecule has 0 heterocycles. The number of amides is 1. The van der Waals surface area contributed by atoms with Crippen molar-refractivity contribution in [3.05, 3.63) is 35.4 Å². The van der Waals surface area contributed by atoms with Crippen LogP contribution in [0.5, 0.6) is 0 Å². The third kappa shape index (κ3) is 6.39. The summed E-state index contributed by atoms with van der Waals surface area (Å²) in [5, 5.41) is 2.96. The minimum atomic E-state index is 0.128. The summed E-state index contributed by atoms with van der Waals surface area (Å²) in [6.45, 7) is 5.60. The smallest absolute Gasteiger partial charge is 0.220 e. The van der Waals surface area contributed by atoms with Gasteiger partial charge < -0.3 is 11.1 Å². The highest BCUT2D eigenvalue weighted by atomic mass is 16.1. The Bertz CT molecular complexity index is 373. The maximum Gasteiger partial charge on any atom is 0.220 e. The molecule has 1 amide bonds. The van der Waals surface area contributed by atoms with Gasteiger partial charge in [0.25, 0.3) is 0 Å². The van der Waals surface area contributed by atoms with Crippen LogP contribution in [0.1, 0.15) is 44.2 Å². The molecular formula is C16H26N2O. The van der Waals surface area contributed by atoms with Crippen LogP contribution in [-0.4, -0.2) is 12.5 Å². The van der Waals surface area contributed by atoms with E-state index in [9.17, 15) is 4.79 Å². The van der Waals surface area contributed by atoms with Gasteiger partial charge in [0.15, 0.2) is 0 Å². The van der Waals surface area contributed by atoms with Crippen molar-refractivity contribution in [1.82, 2.24) is 5.32 Å². The van der Waals surface area contributed by atoms with Crippen molar-refractivity contribution in [2.45, 2.75) is 46.1 Å². The molecule has 0 saturated heterocycles. The van der Waals surface area contributed by atoms with E-state index in [4.69, 9.17) is 5.73 Å². The van der Waals surface area contributed by atoms with Gasteiger partial charge in [-0.05, 0) is 42.9 Å². The van der Waals surface area contributed by atoms with Crippen molar-refractivity contribution < 1.29 is 4.79 Å². The maximum absolute atomic E-state index is 11.7. The standard InChI is InChI=1S/C16H26N2O/c1-3-14-5-7-15(8-6-14)12-18-16(19)9-4-13(2)10-11-17/h5-8,13H,3-4,9-12,17H2,1-2H3,(H,18,19). The second kappa shape index (κ2) is 8.70. The average Bonchev–Trinajstić information content (AvgIpc) is 2.44. The van der Waals surface area contributed by atoms with E-state index in [0.29, 0.717) is 25.4 Å². The molecule has 1 atom stereocenters. The Kier molecular flexibility index (Phi) is 7.19. The van der Waals surface area contributed by atoms with Gasteiger partial charge in [-0.25, -0.2) is 0 Å². The van der Waals surface area contributed by atoms with Crippen LogP contribution in [0, 0.1) is 5.92 Å². The van der Waals surface area contributed by atoms with Gasteiger partial charge in [-0.1, -0.05) is 38.1 Å². The van der Waals surface area contributed by atoms with Crippen LogP contribution in [0.25, 0.3) is 0 Å². The van der Waals surface area contributed by atoms with Crippen LogP contribution in [0.3, 0.4) is 0 Å². The van der Waals surface area contributed by atoms with Crippen molar-refractivity contribution in [3.8, 4) is 0 Å². The molecule has 1 unspecified atom stereocenters. The number of nitrogens with one attached hydrogen (secondary N) is 1. The molecule has 0 bridgehead atoms. The molecule has 0 saturated carbocycles. The number of nitrogens with two attached hydrogens (primary N) is 1. The summed E-state index contributed by atoms with van der Waals surface area (Å²) in [4.78, 5) is 11.7. The van der Waals surface area contributed by atoms with Gasteiger partial charge in [-0.3, -0.25) is 4.79 Å². The number of hydrogen-bond acceptors (Lipinski definition) is 2. The number of carbonyl (C=O) groups excluding carboxylic acids is 1. The zero-order chi connectivity index (χ0) is 14.1. The number of benzene rings is 1. The van der Waals surface area contributed by atoms with Crippen LogP contribution in [0.2, 0.25) is 0 Å². The Labute approximate surface area is 116 Å². The number of rotatable bonds is 8. The lowest BCUT2D eigenvalue weighted by molar-refractivity contribution is -0.121. The van der Waals surface area contributed by atoms with Crippen molar-refractivity contribution in [2.75, 3.05) is 6.54 Å². The van der Waals surface area contributed by atoms with Crippen molar-refractivity contribution in [1.29, 1.82) is 0 Å². The monoisotopic (exact) mass is 262 g/mol. The third-order valence-electron chi connectivity index (χ3n) is 3.44. The second-order valence-electron chi connectivity index (χ2n) is 5.17. The first kappa shape index (κ1) is 15.7. The minimum Gasteiger partial charge on any atom is -0.352 e. The summed E-state index contributed by atoms with van der Waals surface area (Å²) >= 11 is 0. The molecule has 0 aliphatic rings. The van der Waals surface area contributed by atoms with Crippen molar-refractivity contribution >= 4 is 5.91 Å². The average molecular weight is 262 g/mol. The quantitative estimate of drug-likeness (QED) is 0.756. The van der Waals surface area contributed by atoms with Gasteiger partial charge in [0.2, 0.25) is 5.91 Å². The number of aryl methyl sites for hydroxylation is 1. The Morgan fingerprint density at radius 1 is 1.21 bits per heavy atom. The molecule has 3 N–H and O–H groups in total. The van der Waals surface area contributed by atoms with Crippen LogP contribution < -0.4 is 11.1 Å². The lowest BCUT2D eigenvalue weighted by Crippen LogP contribution is -2.23. The zero-order valence-electron chi connectivity index (χ0n) is 12.1. The van der Waals surface area contributed by atoms with Crippen LogP contribution in [0.4, 0.5) is 0 Å². The Balaban J connectivity index is 2.25. The molecule has 3 heteroatoms. The molecule has 19 heavy (non-hydrogen) atoms. The number of carbonyl (C=O) groups is 1. The maximum atomic E-state index is 11.7. The minimum absolute atomic E-state index is 0.128. The molecule has 0 aliphatic heterocycles. The highest BCUT2D eigenvalue weighted by Crippen LogP contribution is 2.09. The van der Waals surface area contributed by atoms with Gasteiger partial charge in [0.05, 0.1) is 0 Å². The zero-order valence-corrected chi connectivity index (χ0v) is 12.1. The third-order valence-corrected chi connectivity index (χ3v) is 3.44. The molecule has 0 fully saturated rings. The summed E-state index contributed by atoms with van der Waals surface area (Å²) in [6.07, 6.45) is 3.55. The Hall–Kier alpha value is -1.35. The fourth-order valence-corrected chi connectivity index (χ4v) is 1.99. The molecule has 1 aromatic rings. The molecule has 1 rings (SSSR count). The van der Waals surface area contributed by atoms with E-state index in [-0.39, 0.29) is 5.91 Å². The van der Waals surface area contributed by atoms with Gasteiger partial charge in [-0.15, -0.1) is 0 Å².